The van der Waals surface area contributed by atoms with Crippen molar-refractivity contribution < 1.29 is 28.6 Å². The summed E-state index contributed by atoms with van der Waals surface area (Å²) in [6.45, 7) is 6.73. The Bertz CT molecular complexity index is 1180. The van der Waals surface area contributed by atoms with Crippen molar-refractivity contribution in [1.82, 2.24) is 0 Å². The van der Waals surface area contributed by atoms with Gasteiger partial charge in [-0.2, -0.15) is 0 Å². The first-order valence-corrected chi connectivity index (χ1v) is 34.7. The van der Waals surface area contributed by atoms with E-state index in [1.54, 1.807) is 0 Å². The van der Waals surface area contributed by atoms with Gasteiger partial charge in [-0.15, -0.1) is 0 Å². The van der Waals surface area contributed by atoms with Crippen LogP contribution in [-0.4, -0.2) is 37.2 Å². The third-order valence-corrected chi connectivity index (χ3v) is 16.0. The Kier molecular flexibility index (Phi) is 64.1. The van der Waals surface area contributed by atoms with E-state index in [0.717, 1.165) is 57.8 Å². The third-order valence-electron chi connectivity index (χ3n) is 16.0. The predicted molar refractivity (Wildman–Crippen MR) is 330 cm³/mol. The summed E-state index contributed by atoms with van der Waals surface area (Å²) in [4.78, 5) is 38.4. The number of carbonyl (C=O) groups is 3. The lowest BCUT2D eigenvalue weighted by Crippen LogP contribution is -2.30. The van der Waals surface area contributed by atoms with Gasteiger partial charge in [-0.05, 0) is 44.9 Å². The van der Waals surface area contributed by atoms with Gasteiger partial charge < -0.3 is 14.2 Å². The number of hydrogen-bond acceptors (Lipinski definition) is 6. The van der Waals surface area contributed by atoms with E-state index in [1.165, 1.54) is 302 Å². The predicted octanol–water partition coefficient (Wildman–Crippen LogP) is 23.6. The lowest BCUT2D eigenvalue weighted by molar-refractivity contribution is -0.167. The van der Waals surface area contributed by atoms with Crippen molar-refractivity contribution in [3.05, 3.63) is 12.2 Å². The van der Waals surface area contributed by atoms with Gasteiger partial charge in [0.1, 0.15) is 13.2 Å². The molecule has 0 N–H and O–H groups in total. The molecular formula is C70H134O6. The molecule has 0 aliphatic rings. The average molecular weight is 1070 g/mol. The van der Waals surface area contributed by atoms with Gasteiger partial charge in [0.2, 0.25) is 0 Å². The molecule has 450 valence electrons. The van der Waals surface area contributed by atoms with Crippen LogP contribution < -0.4 is 0 Å². The summed E-state index contributed by atoms with van der Waals surface area (Å²) in [6.07, 6.45) is 78.0. The first-order chi connectivity index (χ1) is 37.5. The fourth-order valence-electron chi connectivity index (χ4n) is 10.8. The Morgan fingerprint density at radius 1 is 0.250 bits per heavy atom. The van der Waals surface area contributed by atoms with E-state index in [1.807, 2.05) is 0 Å². The summed E-state index contributed by atoms with van der Waals surface area (Å²) >= 11 is 0. The monoisotopic (exact) mass is 1070 g/mol. The molecule has 0 spiro atoms. The maximum atomic E-state index is 12.9. The maximum absolute atomic E-state index is 12.9. The first-order valence-electron chi connectivity index (χ1n) is 34.7. The second-order valence-corrected chi connectivity index (χ2v) is 23.8. The van der Waals surface area contributed by atoms with Crippen LogP contribution in [0, 0.1) is 0 Å². The van der Waals surface area contributed by atoms with Gasteiger partial charge in [0.15, 0.2) is 6.10 Å². The van der Waals surface area contributed by atoms with Crippen LogP contribution in [0.5, 0.6) is 0 Å². The molecule has 1 atom stereocenters. The van der Waals surface area contributed by atoms with Crippen molar-refractivity contribution in [3.8, 4) is 0 Å². The molecule has 0 aromatic heterocycles. The van der Waals surface area contributed by atoms with Crippen LogP contribution >= 0.6 is 0 Å². The smallest absolute Gasteiger partial charge is 0.306 e. The van der Waals surface area contributed by atoms with Crippen molar-refractivity contribution in [2.75, 3.05) is 13.2 Å². The van der Waals surface area contributed by atoms with E-state index >= 15 is 0 Å². The highest BCUT2D eigenvalue weighted by atomic mass is 16.6. The summed E-state index contributed by atoms with van der Waals surface area (Å²) in [5, 5.41) is 0. The first kappa shape index (κ1) is 74.2. The molecule has 0 rings (SSSR count). The van der Waals surface area contributed by atoms with Crippen LogP contribution in [0.25, 0.3) is 0 Å². The van der Waals surface area contributed by atoms with Crippen molar-refractivity contribution in [2.45, 2.75) is 406 Å². The average Bonchev–Trinajstić information content (AvgIpc) is 3.42. The van der Waals surface area contributed by atoms with Gasteiger partial charge in [0.25, 0.3) is 0 Å². The highest BCUT2D eigenvalue weighted by Gasteiger charge is 2.19. The van der Waals surface area contributed by atoms with Gasteiger partial charge in [0.05, 0.1) is 0 Å². The van der Waals surface area contributed by atoms with Crippen LogP contribution in [-0.2, 0) is 28.6 Å². The van der Waals surface area contributed by atoms with E-state index in [2.05, 4.69) is 32.9 Å². The Hall–Kier alpha value is -1.85. The van der Waals surface area contributed by atoms with Gasteiger partial charge in [-0.3, -0.25) is 14.4 Å². The Labute approximate surface area is 475 Å². The lowest BCUT2D eigenvalue weighted by atomic mass is 10.0. The SMILES string of the molecule is CCCCCCCCC/C=C\CCCCCCCCCC(=O)OC(COC(=O)CCCCCCCCCCCCCCCCCC)COC(=O)CCCCCCCCCCCCCCCCCCCCCCCCCC. The van der Waals surface area contributed by atoms with E-state index in [9.17, 15) is 14.4 Å². The molecular weight excluding hydrogens is 937 g/mol. The molecule has 6 heteroatoms. The minimum Gasteiger partial charge on any atom is -0.462 e. The quantitative estimate of drug-likeness (QED) is 0.0261. The molecule has 0 radical (unpaired) electrons. The Morgan fingerprint density at radius 3 is 0.658 bits per heavy atom. The molecule has 0 bridgehead atoms. The minimum absolute atomic E-state index is 0.0649. The molecule has 0 aliphatic carbocycles. The summed E-state index contributed by atoms with van der Waals surface area (Å²) in [6, 6.07) is 0. The summed E-state index contributed by atoms with van der Waals surface area (Å²) in [5.74, 6) is -0.834. The minimum atomic E-state index is -0.769. The van der Waals surface area contributed by atoms with Crippen LogP contribution in [0.1, 0.15) is 400 Å². The largest absolute Gasteiger partial charge is 0.462 e. The normalized spacial score (nSPS) is 12.0. The van der Waals surface area contributed by atoms with Crippen LogP contribution in [0.4, 0.5) is 0 Å². The summed E-state index contributed by atoms with van der Waals surface area (Å²) in [5.41, 5.74) is 0. The topological polar surface area (TPSA) is 78.9 Å². The molecule has 0 aromatic rings. The number of rotatable bonds is 65. The van der Waals surface area contributed by atoms with Crippen LogP contribution in [0.3, 0.4) is 0 Å². The molecule has 0 aliphatic heterocycles. The number of allylic oxidation sites excluding steroid dienone is 2. The molecule has 0 heterocycles. The summed E-state index contributed by atoms with van der Waals surface area (Å²) < 4.78 is 17.0. The van der Waals surface area contributed by atoms with Crippen LogP contribution in [0.15, 0.2) is 12.2 Å². The standard InChI is InChI=1S/C70H134O6/c1-4-7-10-13-16-19-22-25-28-31-33-34-35-36-37-38-40-42-45-48-51-54-57-60-63-69(72)75-66-67(65-74-68(71)62-59-56-53-50-47-44-41-30-27-24-21-18-15-12-9-6-3)76-70(73)64-61-58-55-52-49-46-43-39-32-29-26-23-20-17-14-11-8-5-2/h29,32,67H,4-28,30-31,33-66H2,1-3H3/b32-29-. The van der Waals surface area contributed by atoms with Gasteiger partial charge >= 0.3 is 17.9 Å². The number of hydrogen-bond donors (Lipinski definition) is 0. The maximum Gasteiger partial charge on any atom is 0.306 e. The number of carbonyl (C=O) groups excluding carboxylic acids is 3. The molecule has 76 heavy (non-hydrogen) atoms. The number of unbranched alkanes of at least 4 members (excludes halogenated alkanes) is 52. The number of ether oxygens (including phenoxy) is 3. The van der Waals surface area contributed by atoms with Crippen molar-refractivity contribution in [2.24, 2.45) is 0 Å². The second kappa shape index (κ2) is 65.7. The Morgan fingerprint density at radius 2 is 0.434 bits per heavy atom. The van der Waals surface area contributed by atoms with Gasteiger partial charge in [-0.1, -0.05) is 348 Å². The molecule has 0 saturated carbocycles. The van der Waals surface area contributed by atoms with Crippen molar-refractivity contribution in [3.63, 3.8) is 0 Å². The van der Waals surface area contributed by atoms with Crippen molar-refractivity contribution >= 4 is 17.9 Å². The fraction of sp³-hybridized carbons (Fsp3) is 0.929. The zero-order chi connectivity index (χ0) is 55.0. The van der Waals surface area contributed by atoms with E-state index in [0.29, 0.717) is 19.3 Å². The lowest BCUT2D eigenvalue weighted by Gasteiger charge is -2.18. The van der Waals surface area contributed by atoms with Gasteiger partial charge in [-0.25, -0.2) is 0 Å². The molecule has 0 fully saturated rings. The highest BCUT2D eigenvalue weighted by Crippen LogP contribution is 2.19. The highest BCUT2D eigenvalue weighted by molar-refractivity contribution is 5.71. The third kappa shape index (κ3) is 63.0. The van der Waals surface area contributed by atoms with E-state index < -0.39 is 6.10 Å². The van der Waals surface area contributed by atoms with Gasteiger partial charge in [0, 0.05) is 19.3 Å². The van der Waals surface area contributed by atoms with E-state index in [-0.39, 0.29) is 31.1 Å². The zero-order valence-corrected chi connectivity index (χ0v) is 51.8. The Balaban J connectivity index is 4.25. The molecule has 6 nitrogen and oxygen atoms in total. The van der Waals surface area contributed by atoms with Crippen molar-refractivity contribution in [1.29, 1.82) is 0 Å². The fourth-order valence-corrected chi connectivity index (χ4v) is 10.8. The second-order valence-electron chi connectivity index (χ2n) is 23.8. The molecule has 0 saturated heterocycles. The van der Waals surface area contributed by atoms with E-state index in [4.69, 9.17) is 14.2 Å². The zero-order valence-electron chi connectivity index (χ0n) is 51.8. The number of esters is 3. The molecule has 0 aromatic carbocycles. The summed E-state index contributed by atoms with van der Waals surface area (Å²) in [7, 11) is 0. The van der Waals surface area contributed by atoms with Crippen LogP contribution in [0.2, 0.25) is 0 Å². The molecule has 1 unspecified atom stereocenters. The molecule has 0 amide bonds.